The number of nitrogens with one attached hydrogen (secondary N) is 2. The lowest BCUT2D eigenvalue weighted by Crippen LogP contribution is -2.35. The molecule has 0 aromatic heterocycles. The van der Waals surface area contributed by atoms with E-state index in [1.165, 1.54) is 6.21 Å². The molecule has 23 heavy (non-hydrogen) atoms. The second-order valence-corrected chi connectivity index (χ2v) is 4.90. The molecule has 0 heterocycles. The van der Waals surface area contributed by atoms with E-state index in [1.807, 2.05) is 24.3 Å². The molecule has 0 aliphatic rings. The number of aromatic hydroxyl groups is 1. The number of carbonyl (C=O) groups is 1. The van der Waals surface area contributed by atoms with Crippen molar-refractivity contribution in [2.24, 2.45) is 5.10 Å². The summed E-state index contributed by atoms with van der Waals surface area (Å²) in [7, 11) is 1.57. The van der Waals surface area contributed by atoms with Gasteiger partial charge in [-0.1, -0.05) is 24.3 Å². The number of phenolic OH excluding ortho intramolecular Hbond substituents is 1. The van der Waals surface area contributed by atoms with Gasteiger partial charge in [-0.25, -0.2) is 5.43 Å². The van der Waals surface area contributed by atoms with Crippen LogP contribution in [-0.4, -0.2) is 30.4 Å². The van der Waals surface area contributed by atoms with Crippen molar-refractivity contribution in [3.05, 3.63) is 54.1 Å². The van der Waals surface area contributed by atoms with E-state index in [9.17, 15) is 9.90 Å². The van der Waals surface area contributed by atoms with Crippen LogP contribution in [-0.2, 0) is 4.79 Å². The maximum absolute atomic E-state index is 12.0. The summed E-state index contributed by atoms with van der Waals surface area (Å²) in [4.78, 5) is 12.0. The zero-order valence-corrected chi connectivity index (χ0v) is 13.0. The van der Waals surface area contributed by atoms with Crippen molar-refractivity contribution >= 4 is 17.8 Å². The number of hydrogen-bond acceptors (Lipinski definition) is 5. The number of hydrogen-bond donors (Lipinski definition) is 3. The highest BCUT2D eigenvalue weighted by atomic mass is 16.5. The van der Waals surface area contributed by atoms with Crippen LogP contribution in [0, 0.1) is 0 Å². The number of methoxy groups -OCH3 is 1. The SMILES string of the molecule is COc1ccccc1NC(C)C(=O)N/N=C/c1cccc(O)c1. The van der Waals surface area contributed by atoms with Gasteiger partial charge in [-0.15, -0.1) is 0 Å². The lowest BCUT2D eigenvalue weighted by atomic mass is 10.2. The average Bonchev–Trinajstić information content (AvgIpc) is 2.55. The lowest BCUT2D eigenvalue weighted by Gasteiger charge is -2.15. The molecule has 6 heteroatoms. The number of amides is 1. The molecule has 6 nitrogen and oxygen atoms in total. The van der Waals surface area contributed by atoms with Crippen LogP contribution in [0.5, 0.6) is 11.5 Å². The van der Waals surface area contributed by atoms with Gasteiger partial charge in [0.05, 0.1) is 19.0 Å². The first-order valence-corrected chi connectivity index (χ1v) is 7.11. The number of carbonyl (C=O) groups excluding carboxylic acids is 1. The van der Waals surface area contributed by atoms with Crippen LogP contribution < -0.4 is 15.5 Å². The summed E-state index contributed by atoms with van der Waals surface area (Å²) < 4.78 is 5.23. The third kappa shape index (κ3) is 4.74. The van der Waals surface area contributed by atoms with E-state index in [-0.39, 0.29) is 11.7 Å². The van der Waals surface area contributed by atoms with E-state index in [0.29, 0.717) is 11.3 Å². The number of ether oxygens (including phenoxy) is 1. The molecule has 1 unspecified atom stereocenters. The number of para-hydroxylation sites is 2. The number of rotatable bonds is 6. The fourth-order valence-electron chi connectivity index (χ4n) is 1.94. The fourth-order valence-corrected chi connectivity index (χ4v) is 1.94. The van der Waals surface area contributed by atoms with Crippen molar-refractivity contribution in [3.8, 4) is 11.5 Å². The quantitative estimate of drug-likeness (QED) is 0.565. The normalized spacial score (nSPS) is 11.9. The van der Waals surface area contributed by atoms with Gasteiger partial charge in [0, 0.05) is 0 Å². The van der Waals surface area contributed by atoms with E-state index in [1.54, 1.807) is 38.3 Å². The standard InChI is InChI=1S/C17H19N3O3/c1-12(19-15-8-3-4-9-16(15)23-2)17(22)20-18-11-13-6-5-7-14(21)10-13/h3-12,19,21H,1-2H3,(H,20,22)/b18-11+. The molecule has 0 fully saturated rings. The lowest BCUT2D eigenvalue weighted by molar-refractivity contribution is -0.121. The summed E-state index contributed by atoms with van der Waals surface area (Å²) in [5, 5.41) is 16.3. The Morgan fingerprint density at radius 2 is 2.04 bits per heavy atom. The van der Waals surface area contributed by atoms with Gasteiger partial charge < -0.3 is 15.2 Å². The third-order valence-electron chi connectivity index (χ3n) is 3.13. The summed E-state index contributed by atoms with van der Waals surface area (Å²) >= 11 is 0. The number of benzene rings is 2. The summed E-state index contributed by atoms with van der Waals surface area (Å²) in [6.07, 6.45) is 1.47. The van der Waals surface area contributed by atoms with Gasteiger partial charge in [-0.3, -0.25) is 4.79 Å². The van der Waals surface area contributed by atoms with Crippen molar-refractivity contribution in [2.75, 3.05) is 12.4 Å². The summed E-state index contributed by atoms with van der Waals surface area (Å²) in [6.45, 7) is 1.73. The molecule has 3 N–H and O–H groups in total. The third-order valence-corrected chi connectivity index (χ3v) is 3.13. The van der Waals surface area contributed by atoms with E-state index < -0.39 is 6.04 Å². The zero-order chi connectivity index (χ0) is 16.7. The Morgan fingerprint density at radius 3 is 2.78 bits per heavy atom. The van der Waals surface area contributed by atoms with Crippen molar-refractivity contribution in [3.63, 3.8) is 0 Å². The van der Waals surface area contributed by atoms with Gasteiger partial charge in [-0.2, -0.15) is 5.10 Å². The molecule has 120 valence electrons. The van der Waals surface area contributed by atoms with Crippen LogP contribution >= 0.6 is 0 Å². The second-order valence-electron chi connectivity index (χ2n) is 4.90. The number of anilines is 1. The van der Waals surface area contributed by atoms with Crippen molar-refractivity contribution < 1.29 is 14.6 Å². The minimum absolute atomic E-state index is 0.145. The average molecular weight is 313 g/mol. The van der Waals surface area contributed by atoms with Gasteiger partial charge >= 0.3 is 0 Å². The second kappa shape index (κ2) is 7.84. The van der Waals surface area contributed by atoms with E-state index in [4.69, 9.17) is 4.74 Å². The van der Waals surface area contributed by atoms with E-state index in [0.717, 1.165) is 5.69 Å². The highest BCUT2D eigenvalue weighted by molar-refractivity contribution is 5.86. The summed E-state index contributed by atoms with van der Waals surface area (Å²) in [5.74, 6) is 0.522. The molecule has 0 radical (unpaired) electrons. The molecule has 0 saturated heterocycles. The Morgan fingerprint density at radius 1 is 1.26 bits per heavy atom. The minimum Gasteiger partial charge on any atom is -0.508 e. The van der Waals surface area contributed by atoms with Crippen molar-refractivity contribution in [1.29, 1.82) is 0 Å². The molecular formula is C17H19N3O3. The molecule has 1 amide bonds. The van der Waals surface area contributed by atoms with Gasteiger partial charge in [0.25, 0.3) is 5.91 Å². The zero-order valence-electron chi connectivity index (χ0n) is 13.0. The molecule has 0 saturated carbocycles. The maximum Gasteiger partial charge on any atom is 0.262 e. The first kappa shape index (κ1) is 16.4. The smallest absolute Gasteiger partial charge is 0.262 e. The topological polar surface area (TPSA) is 83.0 Å². The molecule has 2 aromatic rings. The van der Waals surface area contributed by atoms with Gasteiger partial charge in [0.1, 0.15) is 17.5 Å². The van der Waals surface area contributed by atoms with Crippen LogP contribution in [0.2, 0.25) is 0 Å². The predicted octanol–water partition coefficient (Wildman–Crippen LogP) is 2.35. The molecule has 2 aromatic carbocycles. The Kier molecular flexibility index (Phi) is 5.57. The van der Waals surface area contributed by atoms with Crippen molar-refractivity contribution in [1.82, 2.24) is 5.43 Å². The van der Waals surface area contributed by atoms with Crippen LogP contribution in [0.3, 0.4) is 0 Å². The van der Waals surface area contributed by atoms with Crippen molar-refractivity contribution in [2.45, 2.75) is 13.0 Å². The number of nitrogens with zero attached hydrogens (tertiary/aromatic N) is 1. The molecule has 1 atom stereocenters. The van der Waals surface area contributed by atoms with Gasteiger partial charge in [0.15, 0.2) is 0 Å². The highest BCUT2D eigenvalue weighted by Crippen LogP contribution is 2.23. The van der Waals surface area contributed by atoms with Crippen LogP contribution in [0.25, 0.3) is 0 Å². The Balaban J connectivity index is 1.92. The molecule has 0 aliphatic carbocycles. The molecule has 0 bridgehead atoms. The summed E-state index contributed by atoms with van der Waals surface area (Å²) in [5.41, 5.74) is 3.88. The Bertz CT molecular complexity index is 701. The predicted molar refractivity (Wildman–Crippen MR) is 89.9 cm³/mol. The van der Waals surface area contributed by atoms with Crippen LogP contribution in [0.4, 0.5) is 5.69 Å². The number of phenols is 1. The largest absolute Gasteiger partial charge is 0.508 e. The fraction of sp³-hybridized carbons (Fsp3) is 0.176. The van der Waals surface area contributed by atoms with Gasteiger partial charge in [-0.05, 0) is 36.8 Å². The highest BCUT2D eigenvalue weighted by Gasteiger charge is 2.13. The molecular weight excluding hydrogens is 294 g/mol. The molecule has 0 aliphatic heterocycles. The number of hydrazone groups is 1. The van der Waals surface area contributed by atoms with Crippen LogP contribution in [0.1, 0.15) is 12.5 Å². The Hall–Kier alpha value is -3.02. The van der Waals surface area contributed by atoms with E-state index in [2.05, 4.69) is 15.8 Å². The van der Waals surface area contributed by atoms with Crippen LogP contribution in [0.15, 0.2) is 53.6 Å². The monoisotopic (exact) mass is 313 g/mol. The van der Waals surface area contributed by atoms with E-state index >= 15 is 0 Å². The first-order chi connectivity index (χ1) is 11.1. The van der Waals surface area contributed by atoms with Gasteiger partial charge in [0.2, 0.25) is 0 Å². The molecule has 0 spiro atoms. The minimum atomic E-state index is -0.493. The first-order valence-electron chi connectivity index (χ1n) is 7.11. The maximum atomic E-state index is 12.0. The molecule has 2 rings (SSSR count). The Labute approximate surface area is 134 Å². The summed E-state index contributed by atoms with van der Waals surface area (Å²) in [6, 6.07) is 13.4.